The minimum atomic E-state index is -0.926. The molecule has 1 N–H and O–H groups in total. The fraction of sp³-hybridized carbons (Fsp3) is 0.240. The molecular formula is C25H24FN4O5+. The van der Waals surface area contributed by atoms with E-state index < -0.39 is 29.7 Å². The van der Waals surface area contributed by atoms with Crippen LogP contribution in [0.3, 0.4) is 0 Å². The Hall–Kier alpha value is -4.34. The number of benzene rings is 2. The smallest absolute Gasteiger partial charge is 0.493 e. The maximum atomic E-state index is 13.5. The molecule has 0 spiro atoms. The van der Waals surface area contributed by atoms with Crippen molar-refractivity contribution in [2.75, 3.05) is 32.6 Å². The summed E-state index contributed by atoms with van der Waals surface area (Å²) in [4.78, 5) is 44.4. The molecule has 9 nitrogen and oxygen atoms in total. The van der Waals surface area contributed by atoms with Crippen LogP contribution in [0.5, 0.6) is 11.5 Å². The molecule has 0 radical (unpaired) electrons. The minimum Gasteiger partial charge on any atom is -0.493 e. The standard InChI is InChI=1S/C25H23FN4O5/c1-34-20-9-8-16(13-21(20)35-2)10-12-29-24(32)23-19(7-4-11-27-23)30(25(29)33)15-22(31)28-18-6-3-5-17(26)14-18/h3-9,11,13-14,23H,10,12,15H2,1-2H3/p+1. The summed E-state index contributed by atoms with van der Waals surface area (Å²) in [5.74, 6) is -0.392. The molecule has 1 atom stereocenters. The number of methoxy groups -OCH3 is 2. The molecular weight excluding hydrogens is 455 g/mol. The molecule has 0 fully saturated rings. The summed E-state index contributed by atoms with van der Waals surface area (Å²) in [7, 11) is 3.06. The number of hydrogen-bond acceptors (Lipinski definition) is 6. The zero-order valence-corrected chi connectivity index (χ0v) is 19.2. The van der Waals surface area contributed by atoms with Crippen LogP contribution in [-0.4, -0.2) is 72.6 Å². The maximum Gasteiger partial charge on any atom is 0.501 e. The van der Waals surface area contributed by atoms with Crippen LogP contribution in [0.1, 0.15) is 5.56 Å². The second-order valence-electron chi connectivity index (χ2n) is 7.84. The number of anilines is 1. The number of nitrogens with zero attached hydrogens (tertiary/aromatic N) is 3. The monoisotopic (exact) mass is 479 g/mol. The van der Waals surface area contributed by atoms with Crippen LogP contribution in [0.25, 0.3) is 0 Å². The van der Waals surface area contributed by atoms with Crippen molar-refractivity contribution in [3.8, 4) is 11.5 Å². The molecule has 0 aromatic heterocycles. The third kappa shape index (κ3) is 5.11. The molecule has 2 aliphatic heterocycles. The fourth-order valence-corrected chi connectivity index (χ4v) is 3.92. The van der Waals surface area contributed by atoms with E-state index in [0.717, 1.165) is 10.5 Å². The van der Waals surface area contributed by atoms with Gasteiger partial charge in [0.15, 0.2) is 18.0 Å². The van der Waals surface area contributed by atoms with E-state index in [9.17, 15) is 18.8 Å². The number of hydrogen-bond donors (Lipinski definition) is 1. The van der Waals surface area contributed by atoms with Crippen LogP contribution < -0.4 is 14.8 Å². The van der Waals surface area contributed by atoms with Crippen molar-refractivity contribution in [1.82, 2.24) is 4.90 Å². The van der Waals surface area contributed by atoms with Crippen molar-refractivity contribution in [2.45, 2.75) is 12.5 Å². The van der Waals surface area contributed by atoms with Gasteiger partial charge in [0, 0.05) is 18.3 Å². The quantitative estimate of drug-likeness (QED) is 0.587. The molecule has 0 bridgehead atoms. The summed E-state index contributed by atoms with van der Waals surface area (Å²) in [5, 5.41) is 2.58. The normalized spacial score (nSPS) is 16.9. The highest BCUT2D eigenvalue weighted by Gasteiger charge is 2.48. The number of carbonyl (C=O) groups excluding carboxylic acids is 3. The van der Waals surface area contributed by atoms with E-state index in [4.69, 9.17) is 9.47 Å². The van der Waals surface area contributed by atoms with E-state index in [-0.39, 0.29) is 18.8 Å². The van der Waals surface area contributed by atoms with Crippen LogP contribution in [0.4, 0.5) is 14.9 Å². The summed E-state index contributed by atoms with van der Waals surface area (Å²) in [5.41, 5.74) is 1.42. The third-order valence-electron chi connectivity index (χ3n) is 5.62. The van der Waals surface area contributed by atoms with Crippen molar-refractivity contribution in [3.05, 3.63) is 66.0 Å². The van der Waals surface area contributed by atoms with Gasteiger partial charge < -0.3 is 14.8 Å². The zero-order chi connectivity index (χ0) is 24.9. The van der Waals surface area contributed by atoms with Crippen molar-refractivity contribution in [3.63, 3.8) is 0 Å². The zero-order valence-electron chi connectivity index (χ0n) is 19.2. The number of carbonyl (C=O) groups is 3. The Morgan fingerprint density at radius 2 is 1.94 bits per heavy atom. The average molecular weight is 479 g/mol. The highest BCUT2D eigenvalue weighted by Crippen LogP contribution is 2.28. The van der Waals surface area contributed by atoms with Crippen LogP contribution in [-0.2, 0) is 16.0 Å². The lowest BCUT2D eigenvalue weighted by Gasteiger charge is -2.26. The molecule has 0 saturated carbocycles. The molecule has 2 heterocycles. The van der Waals surface area contributed by atoms with E-state index >= 15 is 0 Å². The highest BCUT2D eigenvalue weighted by molar-refractivity contribution is 6.20. The Kier molecular flexibility index (Phi) is 7.00. The third-order valence-corrected chi connectivity index (χ3v) is 5.62. The van der Waals surface area contributed by atoms with Crippen LogP contribution in [0.2, 0.25) is 0 Å². The molecule has 180 valence electrons. The molecule has 0 aliphatic carbocycles. The van der Waals surface area contributed by atoms with Gasteiger partial charge >= 0.3 is 11.9 Å². The van der Waals surface area contributed by atoms with E-state index in [1.54, 1.807) is 30.4 Å². The number of rotatable bonds is 8. The number of urea groups is 1. The Morgan fingerprint density at radius 3 is 2.69 bits per heavy atom. The SMILES string of the molecule is COc1ccc(CCN2C(=O)C3N=CC=CC3=[N+](CC(=O)Nc3cccc(F)c3)C2=O)cc1OC. The van der Waals surface area contributed by atoms with Gasteiger partial charge in [0.2, 0.25) is 6.04 Å². The topological polar surface area (TPSA) is 100 Å². The van der Waals surface area contributed by atoms with E-state index in [1.165, 1.54) is 43.2 Å². The summed E-state index contributed by atoms with van der Waals surface area (Å²) in [6, 6.07) is 9.24. The molecule has 2 aliphatic rings. The Morgan fingerprint density at radius 1 is 1.14 bits per heavy atom. The van der Waals surface area contributed by atoms with Gasteiger partial charge in [-0.1, -0.05) is 12.1 Å². The van der Waals surface area contributed by atoms with E-state index in [0.29, 0.717) is 23.6 Å². The number of dihydropyridines is 1. The number of fused-ring (bicyclic) bond motifs is 1. The molecule has 0 saturated heterocycles. The van der Waals surface area contributed by atoms with Crippen LogP contribution >= 0.6 is 0 Å². The van der Waals surface area contributed by atoms with Gasteiger partial charge in [0.05, 0.1) is 14.2 Å². The van der Waals surface area contributed by atoms with E-state index in [2.05, 4.69) is 10.3 Å². The van der Waals surface area contributed by atoms with Crippen molar-refractivity contribution in [1.29, 1.82) is 0 Å². The molecule has 2 aromatic carbocycles. The first-order chi connectivity index (χ1) is 16.9. The van der Waals surface area contributed by atoms with Crippen LogP contribution in [0, 0.1) is 5.82 Å². The van der Waals surface area contributed by atoms with Crippen molar-refractivity contribution >= 4 is 35.5 Å². The first kappa shape index (κ1) is 23.8. The average Bonchev–Trinajstić information content (AvgIpc) is 2.86. The van der Waals surface area contributed by atoms with Crippen molar-refractivity contribution in [2.24, 2.45) is 4.99 Å². The number of ether oxygens (including phenoxy) is 2. The number of amides is 4. The minimum absolute atomic E-state index is 0.0815. The number of nitrogens with one attached hydrogen (secondary N) is 1. The number of aliphatic imine (C=N–C) groups is 1. The molecule has 1 unspecified atom stereocenters. The number of halogens is 1. The van der Waals surface area contributed by atoms with Gasteiger partial charge in [-0.25, -0.2) is 9.18 Å². The molecule has 2 aromatic rings. The summed E-state index contributed by atoms with van der Waals surface area (Å²) < 4.78 is 25.3. The number of imide groups is 1. The van der Waals surface area contributed by atoms with Gasteiger partial charge in [-0.15, -0.1) is 0 Å². The lowest BCUT2D eigenvalue weighted by atomic mass is 10.0. The summed E-state index contributed by atoms with van der Waals surface area (Å²) in [6.07, 6.45) is 5.04. The predicted octanol–water partition coefficient (Wildman–Crippen LogP) is 2.45. The van der Waals surface area contributed by atoms with Crippen molar-refractivity contribution < 1.29 is 32.8 Å². The second-order valence-corrected chi connectivity index (χ2v) is 7.84. The fourth-order valence-electron chi connectivity index (χ4n) is 3.92. The lowest BCUT2D eigenvalue weighted by Crippen LogP contribution is -2.58. The Labute approximate surface area is 201 Å². The summed E-state index contributed by atoms with van der Waals surface area (Å²) >= 11 is 0. The lowest BCUT2D eigenvalue weighted by molar-refractivity contribution is -0.426. The Bertz CT molecular complexity index is 1270. The molecule has 10 heteroatoms. The number of allylic oxidation sites excluding steroid dienone is 1. The van der Waals surface area contributed by atoms with Gasteiger partial charge in [-0.2, -0.15) is 14.3 Å². The predicted molar refractivity (Wildman–Crippen MR) is 127 cm³/mol. The van der Waals surface area contributed by atoms with Gasteiger partial charge in [-0.05, 0) is 48.0 Å². The first-order valence-electron chi connectivity index (χ1n) is 10.9. The maximum absolute atomic E-state index is 13.5. The largest absolute Gasteiger partial charge is 0.501 e. The molecule has 35 heavy (non-hydrogen) atoms. The summed E-state index contributed by atoms with van der Waals surface area (Å²) in [6.45, 7) is -0.278. The molecule has 4 amide bonds. The molecule has 4 rings (SSSR count). The van der Waals surface area contributed by atoms with Gasteiger partial charge in [0.1, 0.15) is 18.1 Å². The first-order valence-corrected chi connectivity index (χ1v) is 10.9. The van der Waals surface area contributed by atoms with Gasteiger partial charge in [0.25, 0.3) is 5.91 Å². The van der Waals surface area contributed by atoms with Gasteiger partial charge in [-0.3, -0.25) is 9.79 Å². The Balaban J connectivity index is 1.54. The van der Waals surface area contributed by atoms with Crippen LogP contribution in [0.15, 0.2) is 59.6 Å². The second kappa shape index (κ2) is 10.3. The highest BCUT2D eigenvalue weighted by atomic mass is 19.1. The van der Waals surface area contributed by atoms with E-state index in [1.807, 2.05) is 6.07 Å².